The Labute approximate surface area is 185 Å². The predicted octanol–water partition coefficient (Wildman–Crippen LogP) is 3.69. The monoisotopic (exact) mass is 469 g/mol. The Kier molecular flexibility index (Phi) is 5.61. The van der Waals surface area contributed by atoms with Crippen LogP contribution in [-0.2, 0) is 13.2 Å². The third kappa shape index (κ3) is 3.81. The van der Waals surface area contributed by atoms with Gasteiger partial charge in [0.05, 0.1) is 11.1 Å². The summed E-state index contributed by atoms with van der Waals surface area (Å²) in [6.07, 6.45) is -4.16. The minimum atomic E-state index is -4.73. The summed E-state index contributed by atoms with van der Waals surface area (Å²) >= 11 is 6.25. The number of piperidine rings is 1. The molecule has 1 amide bonds. The van der Waals surface area contributed by atoms with Crippen molar-refractivity contribution in [2.24, 2.45) is 7.05 Å². The molecular formula is C20H19ClF3N5O3. The lowest BCUT2D eigenvalue weighted by molar-refractivity contribution is -0.147. The second-order valence-corrected chi connectivity index (χ2v) is 7.98. The molecule has 0 aliphatic carbocycles. The molecule has 0 radical (unpaired) electrons. The molecule has 12 heteroatoms. The lowest BCUT2D eigenvalue weighted by atomic mass is 10.0. The van der Waals surface area contributed by atoms with E-state index in [2.05, 4.69) is 10.3 Å². The maximum Gasteiger partial charge on any atom is 0.451 e. The van der Waals surface area contributed by atoms with Gasteiger partial charge in [0.1, 0.15) is 17.0 Å². The standard InChI is InChI=1S/C20H19ClF3N5O3/c1-11-15(16(26-32-11)13-5-3-4-6-14(13)21)17(30)28-9-7-12(8-10-28)29-19(31)27(2)18(25-29)20(22,23)24/h3-6,12H,7-10H2,1-2H3. The zero-order valence-corrected chi connectivity index (χ0v) is 17.9. The molecule has 170 valence electrons. The minimum absolute atomic E-state index is 0.237. The highest BCUT2D eigenvalue weighted by Crippen LogP contribution is 2.33. The van der Waals surface area contributed by atoms with E-state index in [4.69, 9.17) is 16.1 Å². The van der Waals surface area contributed by atoms with Gasteiger partial charge >= 0.3 is 11.9 Å². The van der Waals surface area contributed by atoms with Crippen LogP contribution in [0.25, 0.3) is 11.3 Å². The van der Waals surface area contributed by atoms with Gasteiger partial charge in [0.25, 0.3) is 5.91 Å². The molecule has 1 aliphatic rings. The molecule has 1 saturated heterocycles. The number of halogens is 4. The van der Waals surface area contributed by atoms with E-state index < -0.39 is 23.7 Å². The highest BCUT2D eigenvalue weighted by atomic mass is 35.5. The number of hydrogen-bond donors (Lipinski definition) is 0. The molecule has 1 aromatic carbocycles. The number of benzene rings is 1. The van der Waals surface area contributed by atoms with Crippen molar-refractivity contribution in [3.8, 4) is 11.3 Å². The first-order valence-electron chi connectivity index (χ1n) is 9.82. The van der Waals surface area contributed by atoms with Crippen LogP contribution in [-0.4, -0.2) is 43.4 Å². The second-order valence-electron chi connectivity index (χ2n) is 7.57. The number of rotatable bonds is 3. The number of likely N-dealkylation sites (tertiary alicyclic amines) is 1. The molecule has 1 fully saturated rings. The van der Waals surface area contributed by atoms with Gasteiger partial charge in [-0.3, -0.25) is 9.36 Å². The van der Waals surface area contributed by atoms with Crippen molar-refractivity contribution >= 4 is 17.5 Å². The summed E-state index contributed by atoms with van der Waals surface area (Å²) in [5.74, 6) is -1.23. The second kappa shape index (κ2) is 8.12. The largest absolute Gasteiger partial charge is 0.451 e. The molecule has 32 heavy (non-hydrogen) atoms. The number of aromatic nitrogens is 4. The van der Waals surface area contributed by atoms with Crippen LogP contribution in [0.5, 0.6) is 0 Å². The topological polar surface area (TPSA) is 86.2 Å². The molecule has 0 spiro atoms. The SMILES string of the molecule is Cc1onc(-c2ccccc2Cl)c1C(=O)N1CCC(n2nc(C(F)(F)F)n(C)c2=O)CC1. The molecule has 1 aliphatic heterocycles. The quantitative estimate of drug-likeness (QED) is 0.584. The van der Waals surface area contributed by atoms with E-state index in [1.54, 1.807) is 36.1 Å². The third-order valence-electron chi connectivity index (χ3n) is 5.56. The van der Waals surface area contributed by atoms with E-state index in [0.29, 0.717) is 26.6 Å². The number of carbonyl (C=O) groups is 1. The van der Waals surface area contributed by atoms with Crippen molar-refractivity contribution in [3.05, 3.63) is 56.9 Å². The zero-order valence-electron chi connectivity index (χ0n) is 17.2. The fraction of sp³-hybridized carbons (Fsp3) is 0.400. The smallest absolute Gasteiger partial charge is 0.360 e. The van der Waals surface area contributed by atoms with Crippen LogP contribution in [0.3, 0.4) is 0 Å². The van der Waals surface area contributed by atoms with Gasteiger partial charge in [-0.1, -0.05) is 35.0 Å². The number of nitrogens with zero attached hydrogens (tertiary/aromatic N) is 5. The van der Waals surface area contributed by atoms with Crippen molar-refractivity contribution < 1.29 is 22.5 Å². The summed E-state index contributed by atoms with van der Waals surface area (Å²) < 4.78 is 45.8. The van der Waals surface area contributed by atoms with Gasteiger partial charge in [-0.2, -0.15) is 13.2 Å². The van der Waals surface area contributed by atoms with E-state index in [-0.39, 0.29) is 37.4 Å². The summed E-state index contributed by atoms with van der Waals surface area (Å²) in [4.78, 5) is 27.1. The van der Waals surface area contributed by atoms with Crippen LogP contribution < -0.4 is 5.69 Å². The van der Waals surface area contributed by atoms with Gasteiger partial charge in [-0.05, 0) is 25.8 Å². The number of aryl methyl sites for hydroxylation is 1. The van der Waals surface area contributed by atoms with E-state index in [9.17, 15) is 22.8 Å². The summed E-state index contributed by atoms with van der Waals surface area (Å²) in [7, 11) is 1.04. The molecule has 8 nitrogen and oxygen atoms in total. The summed E-state index contributed by atoms with van der Waals surface area (Å²) in [6.45, 7) is 2.10. The Bertz CT molecular complexity index is 1220. The summed E-state index contributed by atoms with van der Waals surface area (Å²) in [5, 5.41) is 7.92. The van der Waals surface area contributed by atoms with Crippen molar-refractivity contribution in [1.82, 2.24) is 24.4 Å². The Morgan fingerprint density at radius 2 is 1.88 bits per heavy atom. The van der Waals surface area contributed by atoms with Crippen LogP contribution >= 0.6 is 11.6 Å². The van der Waals surface area contributed by atoms with Crippen molar-refractivity contribution in [3.63, 3.8) is 0 Å². The van der Waals surface area contributed by atoms with E-state index >= 15 is 0 Å². The first-order chi connectivity index (χ1) is 15.1. The Balaban J connectivity index is 1.55. The molecule has 4 rings (SSSR count). The third-order valence-corrected chi connectivity index (χ3v) is 5.89. The molecule has 0 N–H and O–H groups in total. The minimum Gasteiger partial charge on any atom is -0.360 e. The first kappa shape index (κ1) is 22.1. The Morgan fingerprint density at radius 3 is 2.47 bits per heavy atom. The fourth-order valence-corrected chi connectivity index (χ4v) is 4.10. The predicted molar refractivity (Wildman–Crippen MR) is 108 cm³/mol. The van der Waals surface area contributed by atoms with Crippen LogP contribution in [0.1, 0.15) is 40.8 Å². The lowest BCUT2D eigenvalue weighted by Gasteiger charge is -2.31. The molecule has 2 aromatic heterocycles. The van der Waals surface area contributed by atoms with Gasteiger partial charge in [-0.25, -0.2) is 9.48 Å². The van der Waals surface area contributed by atoms with Gasteiger partial charge in [-0.15, -0.1) is 5.10 Å². The number of hydrogen-bond acceptors (Lipinski definition) is 5. The molecule has 0 atom stereocenters. The van der Waals surface area contributed by atoms with E-state index in [1.165, 1.54) is 0 Å². The first-order valence-corrected chi connectivity index (χ1v) is 10.2. The van der Waals surface area contributed by atoms with Crippen molar-refractivity contribution in [2.45, 2.75) is 32.0 Å². The molecule has 0 unspecified atom stereocenters. The van der Waals surface area contributed by atoms with Gasteiger partial charge in [0.2, 0.25) is 5.82 Å². The maximum absolute atomic E-state index is 13.2. The average molecular weight is 470 g/mol. The Hall–Kier alpha value is -3.08. The summed E-state index contributed by atoms with van der Waals surface area (Å²) in [6, 6.07) is 6.40. The Morgan fingerprint density at radius 1 is 1.22 bits per heavy atom. The van der Waals surface area contributed by atoms with Gasteiger partial charge in [0.15, 0.2) is 0 Å². The average Bonchev–Trinajstić information content (AvgIpc) is 3.28. The van der Waals surface area contributed by atoms with Crippen LogP contribution in [0.2, 0.25) is 5.02 Å². The van der Waals surface area contributed by atoms with Crippen molar-refractivity contribution in [2.75, 3.05) is 13.1 Å². The van der Waals surface area contributed by atoms with Crippen molar-refractivity contribution in [1.29, 1.82) is 0 Å². The normalized spacial score (nSPS) is 15.4. The van der Waals surface area contributed by atoms with Gasteiger partial charge < -0.3 is 9.42 Å². The van der Waals surface area contributed by atoms with Crippen LogP contribution in [0.15, 0.2) is 33.6 Å². The molecule has 3 heterocycles. The molecule has 0 saturated carbocycles. The van der Waals surface area contributed by atoms with E-state index in [1.807, 2.05) is 0 Å². The molecular weight excluding hydrogens is 451 g/mol. The summed E-state index contributed by atoms with van der Waals surface area (Å²) in [5.41, 5.74) is 0.337. The number of carbonyl (C=O) groups excluding carboxylic acids is 1. The highest BCUT2D eigenvalue weighted by molar-refractivity contribution is 6.33. The molecule has 3 aromatic rings. The lowest BCUT2D eigenvalue weighted by Crippen LogP contribution is -2.41. The van der Waals surface area contributed by atoms with E-state index in [0.717, 1.165) is 11.7 Å². The zero-order chi connectivity index (χ0) is 23.2. The van der Waals surface area contributed by atoms with Gasteiger partial charge in [0, 0.05) is 25.7 Å². The maximum atomic E-state index is 13.2. The number of amides is 1. The highest BCUT2D eigenvalue weighted by Gasteiger charge is 2.39. The number of alkyl halides is 3. The van der Waals surface area contributed by atoms with Crippen LogP contribution in [0, 0.1) is 6.92 Å². The fourth-order valence-electron chi connectivity index (χ4n) is 3.87. The molecule has 0 bridgehead atoms. The van der Waals surface area contributed by atoms with Crippen LogP contribution in [0.4, 0.5) is 13.2 Å².